The Morgan fingerprint density at radius 1 is 1.20 bits per heavy atom. The first-order valence-corrected chi connectivity index (χ1v) is 5.55. The van der Waals surface area contributed by atoms with Crippen LogP contribution in [-0.4, -0.2) is 46.2 Å². The van der Waals surface area contributed by atoms with Crippen molar-refractivity contribution in [3.63, 3.8) is 0 Å². The van der Waals surface area contributed by atoms with E-state index in [0.717, 1.165) is 6.07 Å². The quantitative estimate of drug-likeness (QED) is 0.751. The van der Waals surface area contributed by atoms with Crippen LogP contribution >= 0.6 is 0 Å². The van der Waals surface area contributed by atoms with Gasteiger partial charge in [0, 0.05) is 5.69 Å². The second-order valence-electron chi connectivity index (χ2n) is 4.03. The zero-order valence-electron chi connectivity index (χ0n) is 10.6. The summed E-state index contributed by atoms with van der Waals surface area (Å²) in [6.45, 7) is 0.0762. The van der Waals surface area contributed by atoms with E-state index in [0.29, 0.717) is 10.5 Å². The lowest BCUT2D eigenvalue weighted by Crippen LogP contribution is -2.42. The fourth-order valence-electron chi connectivity index (χ4n) is 1.45. The Morgan fingerprint density at radius 3 is 2.25 bits per heavy atom. The largest absolute Gasteiger partial charge is 0.480 e. The number of amides is 2. The highest BCUT2D eigenvalue weighted by Crippen LogP contribution is 2.16. The van der Waals surface area contributed by atoms with Gasteiger partial charge in [-0.2, -0.15) is 0 Å². The number of nitrogens with zero attached hydrogens (tertiary/aromatic N) is 1. The Hall–Kier alpha value is -2.64. The number of carboxylic acid groups (broad SMARTS) is 2. The number of nitrogens with one attached hydrogen (secondary N) is 1. The third-order valence-corrected chi connectivity index (χ3v) is 2.38. The second kappa shape index (κ2) is 6.50. The first kappa shape index (κ1) is 15.4. The van der Waals surface area contributed by atoms with Crippen LogP contribution in [0.2, 0.25) is 0 Å². The lowest BCUT2D eigenvalue weighted by atomic mass is 10.2. The van der Waals surface area contributed by atoms with Crippen LogP contribution in [0, 0.1) is 12.7 Å². The van der Waals surface area contributed by atoms with E-state index < -0.39 is 36.9 Å². The Labute approximate surface area is 113 Å². The van der Waals surface area contributed by atoms with E-state index in [4.69, 9.17) is 10.2 Å². The number of hydrogen-bond acceptors (Lipinski definition) is 3. The monoisotopic (exact) mass is 284 g/mol. The molecule has 2 amide bonds. The van der Waals surface area contributed by atoms with Gasteiger partial charge in [0.2, 0.25) is 0 Å². The number of aliphatic carboxylic acids is 2. The number of anilines is 1. The van der Waals surface area contributed by atoms with Gasteiger partial charge in [0.05, 0.1) is 0 Å². The van der Waals surface area contributed by atoms with E-state index in [-0.39, 0.29) is 5.69 Å². The second-order valence-corrected chi connectivity index (χ2v) is 4.03. The first-order chi connectivity index (χ1) is 9.29. The molecule has 1 aromatic rings. The minimum Gasteiger partial charge on any atom is -0.480 e. The maximum Gasteiger partial charge on any atom is 0.323 e. The molecule has 0 unspecified atom stereocenters. The van der Waals surface area contributed by atoms with Crippen LogP contribution < -0.4 is 5.32 Å². The van der Waals surface area contributed by atoms with Crippen molar-refractivity contribution in [2.45, 2.75) is 6.92 Å². The minimum absolute atomic E-state index is 0.149. The summed E-state index contributed by atoms with van der Waals surface area (Å²) in [6, 6.07) is 2.77. The highest BCUT2D eigenvalue weighted by molar-refractivity contribution is 5.93. The molecule has 0 saturated heterocycles. The average molecular weight is 284 g/mol. The molecule has 0 saturated carbocycles. The molecule has 108 valence electrons. The maximum absolute atomic E-state index is 13.1. The van der Waals surface area contributed by atoms with Gasteiger partial charge in [0.15, 0.2) is 0 Å². The van der Waals surface area contributed by atoms with Gasteiger partial charge < -0.3 is 20.4 Å². The number of aryl methyl sites for hydroxylation is 1. The van der Waals surface area contributed by atoms with Crippen molar-refractivity contribution in [2.75, 3.05) is 18.4 Å². The number of carbonyl (C=O) groups is 3. The molecule has 0 fully saturated rings. The Morgan fingerprint density at radius 2 is 1.75 bits per heavy atom. The van der Waals surface area contributed by atoms with Gasteiger partial charge in [0.1, 0.15) is 18.9 Å². The number of benzene rings is 1. The summed E-state index contributed by atoms with van der Waals surface area (Å²) < 4.78 is 13.1. The summed E-state index contributed by atoms with van der Waals surface area (Å²) in [5, 5.41) is 19.6. The predicted octanol–water partition coefficient (Wildman–Crippen LogP) is 1.14. The molecule has 7 nitrogen and oxygen atoms in total. The number of carbonyl (C=O) groups excluding carboxylic acids is 1. The van der Waals surface area contributed by atoms with E-state index >= 15 is 0 Å². The van der Waals surface area contributed by atoms with Crippen LogP contribution in [0.1, 0.15) is 5.56 Å². The van der Waals surface area contributed by atoms with Gasteiger partial charge >= 0.3 is 18.0 Å². The van der Waals surface area contributed by atoms with E-state index in [1.54, 1.807) is 6.92 Å². The van der Waals surface area contributed by atoms with Crippen LogP contribution in [0.15, 0.2) is 18.2 Å². The number of hydrogen-bond donors (Lipinski definition) is 3. The van der Waals surface area contributed by atoms with Crippen LogP contribution in [0.5, 0.6) is 0 Å². The van der Waals surface area contributed by atoms with E-state index in [1.165, 1.54) is 12.1 Å². The minimum atomic E-state index is -1.35. The molecule has 20 heavy (non-hydrogen) atoms. The summed E-state index contributed by atoms with van der Waals surface area (Å²) in [4.78, 5) is 33.6. The number of urea groups is 1. The highest BCUT2D eigenvalue weighted by atomic mass is 19.1. The Bertz CT molecular complexity index is 531. The van der Waals surface area contributed by atoms with Gasteiger partial charge in [-0.05, 0) is 24.6 Å². The van der Waals surface area contributed by atoms with Gasteiger partial charge in [-0.15, -0.1) is 0 Å². The van der Waals surface area contributed by atoms with Crippen molar-refractivity contribution in [2.24, 2.45) is 0 Å². The molecule has 0 aromatic heterocycles. The number of rotatable bonds is 5. The number of carboxylic acids is 2. The van der Waals surface area contributed by atoms with Crippen LogP contribution in [0.25, 0.3) is 0 Å². The van der Waals surface area contributed by atoms with E-state index in [9.17, 15) is 18.8 Å². The maximum atomic E-state index is 13.1. The van der Waals surface area contributed by atoms with Crippen molar-refractivity contribution in [3.8, 4) is 0 Å². The first-order valence-electron chi connectivity index (χ1n) is 5.55. The lowest BCUT2D eigenvalue weighted by Gasteiger charge is -2.19. The Kier molecular flexibility index (Phi) is 5.01. The summed E-state index contributed by atoms with van der Waals surface area (Å²) in [7, 11) is 0. The molecule has 1 aromatic carbocycles. The third-order valence-electron chi connectivity index (χ3n) is 2.38. The summed E-state index contributed by atoms with van der Waals surface area (Å²) in [5.74, 6) is -3.27. The SMILES string of the molecule is Cc1ccc(F)cc1NC(=O)N(CC(=O)O)CC(=O)O. The third kappa shape index (κ3) is 4.56. The van der Waals surface area contributed by atoms with Crippen molar-refractivity contribution >= 4 is 23.7 Å². The number of halogens is 1. The molecular formula is C12H13FN2O5. The topological polar surface area (TPSA) is 107 Å². The molecule has 0 heterocycles. The van der Waals surface area contributed by atoms with Gasteiger partial charge in [0.25, 0.3) is 0 Å². The van der Waals surface area contributed by atoms with Gasteiger partial charge in [-0.25, -0.2) is 9.18 Å². The lowest BCUT2D eigenvalue weighted by molar-refractivity contribution is -0.140. The summed E-state index contributed by atoms with van der Waals surface area (Å²) >= 11 is 0. The molecule has 0 aliphatic carbocycles. The molecule has 0 aliphatic heterocycles. The molecular weight excluding hydrogens is 271 g/mol. The molecule has 8 heteroatoms. The molecule has 0 spiro atoms. The van der Waals surface area contributed by atoms with Gasteiger partial charge in [-0.3, -0.25) is 9.59 Å². The molecule has 0 aliphatic rings. The molecule has 3 N–H and O–H groups in total. The summed E-state index contributed by atoms with van der Waals surface area (Å²) in [6.07, 6.45) is 0. The van der Waals surface area contributed by atoms with Gasteiger partial charge in [-0.1, -0.05) is 6.07 Å². The molecule has 1 rings (SSSR count). The van der Waals surface area contributed by atoms with Crippen molar-refractivity contribution < 1.29 is 29.0 Å². The zero-order chi connectivity index (χ0) is 15.3. The van der Waals surface area contributed by atoms with Crippen molar-refractivity contribution in [3.05, 3.63) is 29.6 Å². The van der Waals surface area contributed by atoms with E-state index in [1.807, 2.05) is 0 Å². The fourth-order valence-corrected chi connectivity index (χ4v) is 1.45. The predicted molar refractivity (Wildman–Crippen MR) is 67.0 cm³/mol. The van der Waals surface area contributed by atoms with Crippen LogP contribution in [0.3, 0.4) is 0 Å². The van der Waals surface area contributed by atoms with Crippen LogP contribution in [0.4, 0.5) is 14.9 Å². The molecule has 0 radical (unpaired) electrons. The van der Waals surface area contributed by atoms with E-state index in [2.05, 4.69) is 5.32 Å². The molecule has 0 bridgehead atoms. The Balaban J connectivity index is 2.86. The van der Waals surface area contributed by atoms with Crippen molar-refractivity contribution in [1.82, 2.24) is 4.90 Å². The summed E-state index contributed by atoms with van der Waals surface area (Å²) in [5.41, 5.74) is 0.709. The van der Waals surface area contributed by atoms with Crippen molar-refractivity contribution in [1.29, 1.82) is 0 Å². The smallest absolute Gasteiger partial charge is 0.323 e. The fraction of sp³-hybridized carbons (Fsp3) is 0.250. The standard InChI is InChI=1S/C12H13FN2O5/c1-7-2-3-8(13)4-9(7)14-12(20)15(5-10(16)17)6-11(18)19/h2-4H,5-6H2,1H3,(H,14,20)(H,16,17)(H,18,19). The average Bonchev–Trinajstić information content (AvgIpc) is 2.31. The molecule has 0 atom stereocenters. The normalized spacial score (nSPS) is 9.90. The zero-order valence-corrected chi connectivity index (χ0v) is 10.6. The van der Waals surface area contributed by atoms with Crippen LogP contribution in [-0.2, 0) is 9.59 Å². The highest BCUT2D eigenvalue weighted by Gasteiger charge is 2.20.